The number of guanidine groups is 1. The molecule has 0 fully saturated rings. The minimum Gasteiger partial charge on any atom is -0.497 e. The smallest absolute Gasteiger partial charge is 0.338 e. The number of fused-ring (bicyclic) bond motifs is 1. The van der Waals surface area contributed by atoms with E-state index in [1.54, 1.807) is 50.4 Å². The molecule has 1 aliphatic heterocycles. The monoisotopic (exact) mass is 546 g/mol. The summed E-state index contributed by atoms with van der Waals surface area (Å²) >= 11 is 6.53. The number of esters is 1. The van der Waals surface area contributed by atoms with Crippen molar-refractivity contribution in [2.75, 3.05) is 24.9 Å². The second-order valence-electron chi connectivity index (χ2n) is 8.42. The van der Waals surface area contributed by atoms with Gasteiger partial charge in [0.05, 0.1) is 25.4 Å². The Bertz CT molecular complexity index is 1650. The zero-order valence-corrected chi connectivity index (χ0v) is 21.9. The number of aliphatic imine (C=N–C) groups is 1. The molecule has 3 N–H and O–H groups in total. The zero-order chi connectivity index (χ0) is 27.5. The van der Waals surface area contributed by atoms with E-state index in [1.807, 2.05) is 6.07 Å². The van der Waals surface area contributed by atoms with Crippen LogP contribution in [-0.4, -0.2) is 42.0 Å². The van der Waals surface area contributed by atoms with Gasteiger partial charge in [-0.15, -0.1) is 0 Å². The summed E-state index contributed by atoms with van der Waals surface area (Å²) in [7, 11) is 2.85. The van der Waals surface area contributed by atoms with Crippen LogP contribution in [-0.2, 0) is 9.53 Å². The van der Waals surface area contributed by atoms with Gasteiger partial charge in [0.1, 0.15) is 23.1 Å². The molecule has 0 bridgehead atoms. The van der Waals surface area contributed by atoms with Gasteiger partial charge in [0.15, 0.2) is 5.58 Å². The van der Waals surface area contributed by atoms with Gasteiger partial charge in [0, 0.05) is 28.5 Å². The maximum absolute atomic E-state index is 13.5. The van der Waals surface area contributed by atoms with Crippen LogP contribution in [0.3, 0.4) is 0 Å². The molecule has 0 spiro atoms. The van der Waals surface area contributed by atoms with E-state index < -0.39 is 17.9 Å². The Morgan fingerprint density at radius 1 is 1.10 bits per heavy atom. The molecule has 0 radical (unpaired) electrons. The van der Waals surface area contributed by atoms with Crippen molar-refractivity contribution < 1.29 is 23.5 Å². The Morgan fingerprint density at radius 3 is 2.69 bits per heavy atom. The summed E-state index contributed by atoms with van der Waals surface area (Å²) in [6.07, 6.45) is 1.41. The van der Waals surface area contributed by atoms with Crippen molar-refractivity contribution >= 4 is 52.4 Å². The average Bonchev–Trinajstić information content (AvgIpc) is 3.33. The van der Waals surface area contributed by atoms with Crippen LogP contribution < -0.4 is 20.7 Å². The van der Waals surface area contributed by atoms with Gasteiger partial charge in [-0.25, -0.2) is 14.8 Å². The van der Waals surface area contributed by atoms with Gasteiger partial charge >= 0.3 is 12.0 Å². The Labute approximate surface area is 227 Å². The van der Waals surface area contributed by atoms with Gasteiger partial charge in [0.25, 0.3) is 5.91 Å². The maximum atomic E-state index is 13.5. The number of allylic oxidation sites excluding steroid dienone is 1. The highest BCUT2D eigenvalue weighted by atomic mass is 35.5. The molecule has 2 aromatic carbocycles. The van der Waals surface area contributed by atoms with Crippen LogP contribution in [0.15, 0.2) is 81.5 Å². The Hall–Kier alpha value is -4.90. The number of ether oxygens (including phenoxy) is 2. The van der Waals surface area contributed by atoms with E-state index in [0.717, 1.165) is 0 Å². The quantitative estimate of drug-likeness (QED) is 0.293. The van der Waals surface area contributed by atoms with Crippen LogP contribution in [0.4, 0.5) is 11.8 Å². The largest absolute Gasteiger partial charge is 0.497 e. The first-order valence-electron chi connectivity index (χ1n) is 11.7. The summed E-state index contributed by atoms with van der Waals surface area (Å²) in [5.74, 6) is 0.107. The van der Waals surface area contributed by atoms with E-state index >= 15 is 0 Å². The van der Waals surface area contributed by atoms with Crippen molar-refractivity contribution in [1.29, 1.82) is 0 Å². The predicted octanol–water partition coefficient (Wildman–Crippen LogP) is 4.70. The molecule has 39 heavy (non-hydrogen) atoms. The van der Waals surface area contributed by atoms with E-state index in [4.69, 9.17) is 30.5 Å². The Morgan fingerprint density at radius 2 is 1.92 bits per heavy atom. The zero-order valence-electron chi connectivity index (χ0n) is 21.1. The number of anilines is 2. The van der Waals surface area contributed by atoms with Crippen molar-refractivity contribution in [3.8, 4) is 5.75 Å². The van der Waals surface area contributed by atoms with Crippen LogP contribution in [0.1, 0.15) is 28.9 Å². The van der Waals surface area contributed by atoms with Gasteiger partial charge in [-0.2, -0.15) is 4.98 Å². The van der Waals surface area contributed by atoms with Crippen molar-refractivity contribution in [1.82, 2.24) is 15.3 Å². The highest BCUT2D eigenvalue weighted by Gasteiger charge is 2.31. The van der Waals surface area contributed by atoms with E-state index in [1.165, 1.54) is 25.4 Å². The van der Waals surface area contributed by atoms with Crippen LogP contribution in [0, 0.1) is 0 Å². The number of pyridine rings is 1. The lowest BCUT2D eigenvalue weighted by Gasteiger charge is -2.26. The number of amides is 1. The first kappa shape index (κ1) is 25.7. The second-order valence-corrected chi connectivity index (χ2v) is 8.83. The van der Waals surface area contributed by atoms with E-state index in [-0.39, 0.29) is 17.4 Å². The minimum atomic E-state index is -0.782. The summed E-state index contributed by atoms with van der Waals surface area (Å²) in [5, 5.41) is 9.32. The fraction of sp³-hybridized carbons (Fsp3) is 0.148. The molecule has 3 heterocycles. The minimum absolute atomic E-state index is 0.177. The fourth-order valence-electron chi connectivity index (χ4n) is 4.07. The maximum Gasteiger partial charge on any atom is 0.338 e. The molecule has 12 heteroatoms. The number of carbonyl (C=O) groups is 2. The van der Waals surface area contributed by atoms with Crippen molar-refractivity contribution in [3.05, 3.63) is 88.2 Å². The molecule has 4 aromatic rings. The highest BCUT2D eigenvalue weighted by Crippen LogP contribution is 2.35. The topological polar surface area (TPSA) is 140 Å². The predicted molar refractivity (Wildman–Crippen MR) is 146 cm³/mol. The highest BCUT2D eigenvalue weighted by molar-refractivity contribution is 6.31. The first-order valence-corrected chi connectivity index (χ1v) is 12.1. The van der Waals surface area contributed by atoms with Gasteiger partial charge in [-0.1, -0.05) is 29.8 Å². The lowest BCUT2D eigenvalue weighted by atomic mass is 9.95. The molecule has 1 atom stereocenters. The lowest BCUT2D eigenvalue weighted by Crippen LogP contribution is -2.37. The third-order valence-electron chi connectivity index (χ3n) is 5.93. The summed E-state index contributed by atoms with van der Waals surface area (Å²) in [6.45, 7) is 1.74. The molecule has 11 nitrogen and oxygen atoms in total. The third kappa shape index (κ3) is 5.39. The van der Waals surface area contributed by atoms with Gasteiger partial charge in [0.2, 0.25) is 5.96 Å². The second kappa shape index (κ2) is 10.8. The number of benzene rings is 2. The number of hydrogen-bond acceptors (Lipinski definition) is 10. The molecule has 0 saturated carbocycles. The summed E-state index contributed by atoms with van der Waals surface area (Å²) < 4.78 is 15.8. The normalized spacial score (nSPS) is 14.9. The standard InChI is InChI=1S/C27H23ClN6O5/c1-14-22(24(35)32-21-12-15(10-11-29-21)25(36)38-3)23(17-6-4-5-7-18(17)28)33-26(30-14)34-27-31-19-13-16(37-2)8-9-20(19)39-27/h4-13,23H,1-3H3,(H,29,32,35)(H2,30,31,33,34). The number of carbonyl (C=O) groups excluding carboxylic acids is 2. The van der Waals surface area contributed by atoms with E-state index in [0.29, 0.717) is 44.7 Å². The number of methoxy groups -OCH3 is 2. The molecular weight excluding hydrogens is 524 g/mol. The van der Waals surface area contributed by atoms with Gasteiger partial charge in [-0.05, 0) is 37.3 Å². The molecule has 0 saturated heterocycles. The number of oxazole rings is 1. The Balaban J connectivity index is 1.46. The summed E-state index contributed by atoms with van der Waals surface area (Å²) in [5.41, 5.74) is 2.84. The SMILES string of the molecule is COC(=O)c1ccnc(NC(=O)C2=C(C)NC(Nc3nc4cc(OC)ccc4o3)=NC2c2ccccc2Cl)c1. The summed E-state index contributed by atoms with van der Waals surface area (Å²) in [6, 6.07) is 14.7. The number of halogens is 1. The third-order valence-corrected chi connectivity index (χ3v) is 6.27. The molecule has 198 valence electrons. The van der Waals surface area contributed by atoms with Crippen molar-refractivity contribution in [2.45, 2.75) is 13.0 Å². The van der Waals surface area contributed by atoms with Crippen LogP contribution in [0.5, 0.6) is 5.75 Å². The summed E-state index contributed by atoms with van der Waals surface area (Å²) in [4.78, 5) is 38.8. The van der Waals surface area contributed by atoms with Crippen LogP contribution in [0.2, 0.25) is 5.02 Å². The lowest BCUT2D eigenvalue weighted by molar-refractivity contribution is -0.113. The van der Waals surface area contributed by atoms with Gasteiger partial charge in [-0.3, -0.25) is 10.1 Å². The number of rotatable bonds is 6. The number of nitrogens with zero attached hydrogens (tertiary/aromatic N) is 3. The average molecular weight is 547 g/mol. The van der Waals surface area contributed by atoms with Crippen molar-refractivity contribution in [3.63, 3.8) is 0 Å². The molecule has 2 aromatic heterocycles. The first-order chi connectivity index (χ1) is 18.9. The number of aromatic nitrogens is 2. The van der Waals surface area contributed by atoms with Gasteiger partial charge < -0.3 is 24.5 Å². The van der Waals surface area contributed by atoms with Crippen LogP contribution in [0.25, 0.3) is 11.1 Å². The molecule has 0 aliphatic carbocycles. The van der Waals surface area contributed by atoms with Crippen molar-refractivity contribution in [2.24, 2.45) is 4.99 Å². The molecule has 5 rings (SSSR count). The van der Waals surface area contributed by atoms with E-state index in [2.05, 4.69) is 25.9 Å². The van der Waals surface area contributed by atoms with E-state index in [9.17, 15) is 9.59 Å². The molecule has 1 amide bonds. The fourth-order valence-corrected chi connectivity index (χ4v) is 4.31. The Kier molecular flexibility index (Phi) is 7.15. The molecule has 1 unspecified atom stereocenters. The van der Waals surface area contributed by atoms with Crippen LogP contribution >= 0.6 is 11.6 Å². The molecule has 1 aliphatic rings. The molecular formula is C27H23ClN6O5. The number of hydrogen-bond donors (Lipinski definition) is 3. The number of nitrogens with one attached hydrogen (secondary N) is 3.